The van der Waals surface area contributed by atoms with Crippen molar-refractivity contribution in [2.45, 2.75) is 6.92 Å². The number of hydrogen-bond acceptors (Lipinski definition) is 4. The minimum Gasteiger partial charge on any atom is -0.490 e. The predicted octanol–water partition coefficient (Wildman–Crippen LogP) is 3.83. The van der Waals surface area contributed by atoms with Crippen molar-refractivity contribution < 1.29 is 19.0 Å². The predicted molar refractivity (Wildman–Crippen MR) is 82.9 cm³/mol. The van der Waals surface area contributed by atoms with Crippen LogP contribution in [0.5, 0.6) is 17.2 Å². The Bertz CT molecular complexity index is 613. The Morgan fingerprint density at radius 3 is 2.24 bits per heavy atom. The zero-order valence-electron chi connectivity index (χ0n) is 11.5. The first-order chi connectivity index (χ1) is 10.2. The van der Waals surface area contributed by atoms with Crippen molar-refractivity contribution in [2.75, 3.05) is 13.2 Å². The second-order valence-corrected chi connectivity index (χ2v) is 4.93. The van der Waals surface area contributed by atoms with Gasteiger partial charge in [-0.1, -0.05) is 24.3 Å². The minimum absolute atomic E-state index is 0.178. The monoisotopic (exact) mass is 350 g/mol. The summed E-state index contributed by atoms with van der Waals surface area (Å²) in [5, 5.41) is 0. The van der Waals surface area contributed by atoms with Crippen LogP contribution in [0.25, 0.3) is 0 Å². The van der Waals surface area contributed by atoms with Gasteiger partial charge in [0.15, 0.2) is 18.1 Å². The van der Waals surface area contributed by atoms with E-state index >= 15 is 0 Å². The highest BCUT2D eigenvalue weighted by Gasteiger charge is 2.11. The molecule has 2 aromatic rings. The number of rotatable bonds is 6. The van der Waals surface area contributed by atoms with Crippen molar-refractivity contribution in [3.05, 3.63) is 53.0 Å². The summed E-state index contributed by atoms with van der Waals surface area (Å²) in [6.45, 7) is 2.19. The molecule has 0 aliphatic rings. The van der Waals surface area contributed by atoms with Gasteiger partial charge >= 0.3 is 5.97 Å². The van der Waals surface area contributed by atoms with Crippen LogP contribution in [0, 0.1) is 0 Å². The number of hydrogen-bond donors (Lipinski definition) is 0. The van der Waals surface area contributed by atoms with Crippen molar-refractivity contribution in [2.24, 2.45) is 0 Å². The highest BCUT2D eigenvalue weighted by atomic mass is 79.9. The molecule has 0 atom stereocenters. The molecule has 0 amide bonds. The van der Waals surface area contributed by atoms with E-state index in [1.807, 2.05) is 31.2 Å². The fraction of sp³-hybridized carbons (Fsp3) is 0.188. The van der Waals surface area contributed by atoms with Crippen LogP contribution in [0.3, 0.4) is 0 Å². The van der Waals surface area contributed by atoms with E-state index in [2.05, 4.69) is 15.9 Å². The van der Waals surface area contributed by atoms with Crippen LogP contribution in [0.4, 0.5) is 0 Å². The van der Waals surface area contributed by atoms with Crippen molar-refractivity contribution in [1.29, 1.82) is 0 Å². The van der Waals surface area contributed by atoms with Crippen molar-refractivity contribution >= 4 is 21.9 Å². The molecular formula is C16H15BrO4. The quantitative estimate of drug-likeness (QED) is 0.586. The number of ether oxygens (including phenoxy) is 3. The Morgan fingerprint density at radius 2 is 1.57 bits per heavy atom. The second-order valence-electron chi connectivity index (χ2n) is 4.07. The molecule has 0 bridgehead atoms. The molecule has 0 saturated carbocycles. The first-order valence-corrected chi connectivity index (χ1v) is 7.30. The zero-order chi connectivity index (χ0) is 15.1. The Hall–Kier alpha value is -2.01. The molecular weight excluding hydrogens is 336 g/mol. The number of carbonyl (C=O) groups is 1. The van der Waals surface area contributed by atoms with Gasteiger partial charge in [-0.25, -0.2) is 4.79 Å². The van der Waals surface area contributed by atoms with E-state index < -0.39 is 5.97 Å². The smallest absolute Gasteiger partial charge is 0.349 e. The highest BCUT2D eigenvalue weighted by molar-refractivity contribution is 9.10. The molecule has 0 aliphatic heterocycles. The van der Waals surface area contributed by atoms with Crippen LogP contribution in [0.1, 0.15) is 6.92 Å². The normalized spacial score (nSPS) is 10.0. The van der Waals surface area contributed by atoms with Gasteiger partial charge in [-0.2, -0.15) is 0 Å². The van der Waals surface area contributed by atoms with E-state index in [0.29, 0.717) is 23.9 Å². The highest BCUT2D eigenvalue weighted by Crippen LogP contribution is 2.27. The largest absolute Gasteiger partial charge is 0.490 e. The fourth-order valence-electron chi connectivity index (χ4n) is 1.66. The van der Waals surface area contributed by atoms with Gasteiger partial charge in [0.1, 0.15) is 5.75 Å². The number of halogens is 1. The third-order valence-corrected chi connectivity index (χ3v) is 3.21. The van der Waals surface area contributed by atoms with Crippen molar-refractivity contribution in [1.82, 2.24) is 0 Å². The molecule has 5 heteroatoms. The standard InChI is InChI=1S/C16H15BrO4/c1-2-19-14-9-5-6-10-15(14)21-16(18)11-20-13-8-4-3-7-12(13)17/h3-10H,2,11H2,1H3. The summed E-state index contributed by atoms with van der Waals surface area (Å²) in [5.74, 6) is 1.03. The molecule has 4 nitrogen and oxygen atoms in total. The maximum Gasteiger partial charge on any atom is 0.349 e. The molecule has 0 unspecified atom stereocenters. The molecule has 0 saturated heterocycles. The fourth-order valence-corrected chi connectivity index (χ4v) is 2.06. The van der Waals surface area contributed by atoms with Gasteiger partial charge in [0.25, 0.3) is 0 Å². The molecule has 0 spiro atoms. The molecule has 0 fully saturated rings. The molecule has 0 radical (unpaired) electrons. The Balaban J connectivity index is 1.95. The van der Waals surface area contributed by atoms with Crippen molar-refractivity contribution in [3.8, 4) is 17.2 Å². The lowest BCUT2D eigenvalue weighted by molar-refractivity contribution is -0.136. The van der Waals surface area contributed by atoms with E-state index in [1.165, 1.54) is 0 Å². The van der Waals surface area contributed by atoms with Crippen LogP contribution in [-0.4, -0.2) is 19.2 Å². The summed E-state index contributed by atoms with van der Waals surface area (Å²) >= 11 is 3.35. The number of para-hydroxylation sites is 3. The third kappa shape index (κ3) is 4.49. The van der Waals surface area contributed by atoms with Gasteiger partial charge in [-0.05, 0) is 47.1 Å². The molecule has 21 heavy (non-hydrogen) atoms. The number of esters is 1. The van der Waals surface area contributed by atoms with Gasteiger partial charge < -0.3 is 14.2 Å². The van der Waals surface area contributed by atoms with Crippen LogP contribution >= 0.6 is 15.9 Å². The third-order valence-electron chi connectivity index (χ3n) is 2.55. The van der Waals surface area contributed by atoms with E-state index in [-0.39, 0.29) is 6.61 Å². The van der Waals surface area contributed by atoms with E-state index in [1.54, 1.807) is 24.3 Å². The lowest BCUT2D eigenvalue weighted by Gasteiger charge is -2.11. The van der Waals surface area contributed by atoms with Crippen molar-refractivity contribution in [3.63, 3.8) is 0 Å². The summed E-state index contributed by atoms with van der Waals surface area (Å²) in [6.07, 6.45) is 0. The van der Waals surface area contributed by atoms with Gasteiger partial charge in [0.05, 0.1) is 11.1 Å². The molecule has 0 heterocycles. The first kappa shape index (κ1) is 15.4. The Kier molecular flexibility index (Phi) is 5.63. The van der Waals surface area contributed by atoms with Gasteiger partial charge in [-0.15, -0.1) is 0 Å². The zero-order valence-corrected chi connectivity index (χ0v) is 13.1. The Labute approximate surface area is 131 Å². The van der Waals surface area contributed by atoms with Crippen LogP contribution < -0.4 is 14.2 Å². The maximum absolute atomic E-state index is 11.8. The molecule has 2 aromatic carbocycles. The maximum atomic E-state index is 11.8. The summed E-state index contributed by atoms with van der Waals surface area (Å²) < 4.78 is 16.8. The SMILES string of the molecule is CCOc1ccccc1OC(=O)COc1ccccc1Br. The van der Waals surface area contributed by atoms with Crippen LogP contribution in [0.15, 0.2) is 53.0 Å². The van der Waals surface area contributed by atoms with E-state index in [9.17, 15) is 4.79 Å². The average molecular weight is 351 g/mol. The summed E-state index contributed by atoms with van der Waals surface area (Å²) in [5.41, 5.74) is 0. The van der Waals surface area contributed by atoms with Gasteiger partial charge in [0.2, 0.25) is 0 Å². The lowest BCUT2D eigenvalue weighted by atomic mass is 10.3. The first-order valence-electron chi connectivity index (χ1n) is 6.50. The molecule has 0 aliphatic carbocycles. The number of carbonyl (C=O) groups excluding carboxylic acids is 1. The minimum atomic E-state index is -0.488. The molecule has 0 aromatic heterocycles. The second kappa shape index (κ2) is 7.69. The average Bonchev–Trinajstić information content (AvgIpc) is 2.49. The molecule has 2 rings (SSSR count). The molecule has 110 valence electrons. The Morgan fingerprint density at radius 1 is 0.952 bits per heavy atom. The summed E-state index contributed by atoms with van der Waals surface area (Å²) in [4.78, 5) is 11.8. The topological polar surface area (TPSA) is 44.8 Å². The summed E-state index contributed by atoms with van der Waals surface area (Å²) in [7, 11) is 0. The summed E-state index contributed by atoms with van der Waals surface area (Å²) in [6, 6.07) is 14.3. The van der Waals surface area contributed by atoms with Gasteiger partial charge in [0, 0.05) is 0 Å². The van der Waals surface area contributed by atoms with E-state index in [0.717, 1.165) is 4.47 Å². The number of benzene rings is 2. The molecule has 0 N–H and O–H groups in total. The lowest BCUT2D eigenvalue weighted by Crippen LogP contribution is -2.18. The van der Waals surface area contributed by atoms with Crippen LogP contribution in [0.2, 0.25) is 0 Å². The van der Waals surface area contributed by atoms with E-state index in [4.69, 9.17) is 14.2 Å². The van der Waals surface area contributed by atoms with Gasteiger partial charge in [-0.3, -0.25) is 0 Å². The van der Waals surface area contributed by atoms with Crippen LogP contribution in [-0.2, 0) is 4.79 Å².